The molecular weight excluding hydrogens is 200 g/mol. The minimum absolute atomic E-state index is 0.172. The van der Waals surface area contributed by atoms with E-state index in [1.54, 1.807) is 0 Å². The van der Waals surface area contributed by atoms with E-state index in [2.05, 4.69) is 17.6 Å². The number of rotatable bonds is 5. The van der Waals surface area contributed by atoms with Crippen LogP contribution in [0.4, 0.5) is 0 Å². The molecule has 0 heterocycles. The number of fused-ring (bicyclic) bond motifs is 2. The Hall–Kier alpha value is -0.570. The van der Waals surface area contributed by atoms with Gasteiger partial charge in [-0.25, -0.2) is 0 Å². The van der Waals surface area contributed by atoms with Crippen molar-refractivity contribution in [1.82, 2.24) is 10.6 Å². The molecule has 2 aliphatic carbocycles. The average Bonchev–Trinajstić information content (AvgIpc) is 2.71. The molecule has 2 saturated carbocycles. The van der Waals surface area contributed by atoms with E-state index >= 15 is 0 Å². The van der Waals surface area contributed by atoms with Crippen LogP contribution in [-0.2, 0) is 4.79 Å². The summed E-state index contributed by atoms with van der Waals surface area (Å²) >= 11 is 0. The molecule has 0 aromatic carbocycles. The summed E-state index contributed by atoms with van der Waals surface area (Å²) in [4.78, 5) is 11.8. The summed E-state index contributed by atoms with van der Waals surface area (Å²) in [6.45, 7) is 3.30. The topological polar surface area (TPSA) is 41.1 Å². The fourth-order valence-electron chi connectivity index (χ4n) is 3.46. The molecule has 3 heteroatoms. The van der Waals surface area contributed by atoms with Gasteiger partial charge in [0, 0.05) is 12.0 Å². The summed E-state index contributed by atoms with van der Waals surface area (Å²) < 4.78 is 0. The third-order valence-electron chi connectivity index (χ3n) is 4.41. The molecule has 92 valence electrons. The van der Waals surface area contributed by atoms with E-state index in [1.807, 2.05) is 7.05 Å². The molecule has 0 unspecified atom stereocenters. The van der Waals surface area contributed by atoms with Crippen molar-refractivity contribution >= 4 is 5.91 Å². The Morgan fingerprint density at radius 2 is 1.94 bits per heavy atom. The molecule has 0 atom stereocenters. The number of carbonyl (C=O) groups excluding carboxylic acids is 1. The van der Waals surface area contributed by atoms with Crippen LogP contribution in [0.3, 0.4) is 0 Å². The number of hydrogen-bond donors (Lipinski definition) is 2. The fourth-order valence-corrected chi connectivity index (χ4v) is 3.46. The first-order valence-corrected chi connectivity index (χ1v) is 6.53. The number of nitrogens with one attached hydrogen (secondary N) is 2. The lowest BCUT2D eigenvalue weighted by Crippen LogP contribution is -2.45. The Bertz CT molecular complexity index is 267. The smallest absolute Gasteiger partial charge is 0.220 e. The second-order valence-corrected chi connectivity index (χ2v) is 6.02. The van der Waals surface area contributed by atoms with Crippen LogP contribution in [0.25, 0.3) is 0 Å². The first kappa shape index (κ1) is 11.9. The van der Waals surface area contributed by atoms with E-state index in [1.165, 1.54) is 32.1 Å². The first-order valence-electron chi connectivity index (χ1n) is 6.53. The summed E-state index contributed by atoms with van der Waals surface area (Å²) in [5.74, 6) is 0.251. The predicted molar refractivity (Wildman–Crippen MR) is 65.2 cm³/mol. The highest BCUT2D eigenvalue weighted by Gasteiger charge is 2.52. The second-order valence-electron chi connectivity index (χ2n) is 6.02. The summed E-state index contributed by atoms with van der Waals surface area (Å²) in [5, 5.41) is 6.38. The predicted octanol–water partition coefficient (Wildman–Crippen LogP) is 1.82. The Kier molecular flexibility index (Phi) is 3.24. The van der Waals surface area contributed by atoms with Crippen molar-refractivity contribution in [3.8, 4) is 0 Å². The largest absolute Gasteiger partial charge is 0.351 e. The maximum absolute atomic E-state index is 11.8. The van der Waals surface area contributed by atoms with Gasteiger partial charge < -0.3 is 10.6 Å². The molecule has 2 fully saturated rings. The number of amides is 1. The fraction of sp³-hybridized carbons (Fsp3) is 0.923. The zero-order valence-electron chi connectivity index (χ0n) is 10.6. The molecule has 0 saturated heterocycles. The van der Waals surface area contributed by atoms with E-state index in [9.17, 15) is 4.79 Å². The van der Waals surface area contributed by atoms with Crippen LogP contribution in [0.1, 0.15) is 51.9 Å². The van der Waals surface area contributed by atoms with Crippen molar-refractivity contribution in [3.05, 3.63) is 0 Å². The Balaban J connectivity index is 1.79. The van der Waals surface area contributed by atoms with Crippen LogP contribution >= 0.6 is 0 Å². The van der Waals surface area contributed by atoms with Crippen LogP contribution in [0, 0.1) is 5.41 Å². The van der Waals surface area contributed by atoms with E-state index in [-0.39, 0.29) is 11.4 Å². The summed E-state index contributed by atoms with van der Waals surface area (Å²) in [6, 6.07) is 0. The van der Waals surface area contributed by atoms with Crippen molar-refractivity contribution in [2.24, 2.45) is 5.41 Å². The standard InChI is InChI=1S/C13H24N2O/c1-12-5-7-13(10-12,8-6-12)15-11(16)4-3-9-14-2/h14H,3-10H2,1-2H3,(H,15,16). The van der Waals surface area contributed by atoms with E-state index in [0.717, 1.165) is 13.0 Å². The van der Waals surface area contributed by atoms with Crippen LogP contribution in [-0.4, -0.2) is 25.0 Å². The van der Waals surface area contributed by atoms with Crippen molar-refractivity contribution in [1.29, 1.82) is 0 Å². The Morgan fingerprint density at radius 3 is 2.44 bits per heavy atom. The van der Waals surface area contributed by atoms with Gasteiger partial charge in [0.15, 0.2) is 0 Å². The van der Waals surface area contributed by atoms with Crippen molar-refractivity contribution in [2.45, 2.75) is 57.4 Å². The molecule has 0 aromatic rings. The van der Waals surface area contributed by atoms with Gasteiger partial charge in [0.25, 0.3) is 0 Å². The molecule has 0 aliphatic heterocycles. The maximum Gasteiger partial charge on any atom is 0.220 e. The van der Waals surface area contributed by atoms with Gasteiger partial charge in [-0.3, -0.25) is 4.79 Å². The molecule has 2 bridgehead atoms. The molecule has 2 rings (SSSR count). The number of hydrogen-bond acceptors (Lipinski definition) is 2. The molecule has 3 nitrogen and oxygen atoms in total. The lowest BCUT2D eigenvalue weighted by atomic mass is 9.86. The summed E-state index contributed by atoms with van der Waals surface area (Å²) in [5.41, 5.74) is 0.698. The monoisotopic (exact) mass is 224 g/mol. The first-order chi connectivity index (χ1) is 7.58. The third-order valence-corrected chi connectivity index (χ3v) is 4.41. The highest BCUT2D eigenvalue weighted by atomic mass is 16.1. The number of carbonyl (C=O) groups is 1. The maximum atomic E-state index is 11.8. The Morgan fingerprint density at radius 1 is 1.25 bits per heavy atom. The quantitative estimate of drug-likeness (QED) is 0.699. The van der Waals surface area contributed by atoms with Gasteiger partial charge in [-0.1, -0.05) is 6.92 Å². The molecule has 2 aliphatic rings. The van der Waals surface area contributed by atoms with Gasteiger partial charge in [0.1, 0.15) is 0 Å². The zero-order chi connectivity index (χ0) is 11.6. The van der Waals surface area contributed by atoms with Crippen LogP contribution in [0.5, 0.6) is 0 Å². The van der Waals surface area contributed by atoms with E-state index < -0.39 is 0 Å². The van der Waals surface area contributed by atoms with Crippen molar-refractivity contribution in [3.63, 3.8) is 0 Å². The van der Waals surface area contributed by atoms with Gasteiger partial charge in [0.2, 0.25) is 5.91 Å². The third kappa shape index (κ3) is 2.40. The minimum atomic E-state index is 0.172. The summed E-state index contributed by atoms with van der Waals surface area (Å²) in [6.07, 6.45) is 7.79. The molecule has 0 radical (unpaired) electrons. The van der Waals surface area contributed by atoms with Gasteiger partial charge >= 0.3 is 0 Å². The molecule has 0 spiro atoms. The lowest BCUT2D eigenvalue weighted by Gasteiger charge is -2.28. The van der Waals surface area contributed by atoms with Crippen molar-refractivity contribution < 1.29 is 4.79 Å². The molecule has 16 heavy (non-hydrogen) atoms. The lowest BCUT2D eigenvalue weighted by molar-refractivity contribution is -0.123. The highest BCUT2D eigenvalue weighted by Crippen LogP contribution is 2.56. The molecular formula is C13H24N2O. The normalized spacial score (nSPS) is 36.6. The van der Waals surface area contributed by atoms with Gasteiger partial charge in [-0.2, -0.15) is 0 Å². The molecule has 0 aromatic heterocycles. The van der Waals surface area contributed by atoms with Gasteiger partial charge in [-0.15, -0.1) is 0 Å². The van der Waals surface area contributed by atoms with E-state index in [0.29, 0.717) is 11.8 Å². The van der Waals surface area contributed by atoms with Crippen LogP contribution in [0.2, 0.25) is 0 Å². The SMILES string of the molecule is CNCCCC(=O)NC12CCC(C)(CC1)C2. The van der Waals surface area contributed by atoms with Crippen molar-refractivity contribution in [2.75, 3.05) is 13.6 Å². The minimum Gasteiger partial charge on any atom is -0.351 e. The molecule has 2 N–H and O–H groups in total. The van der Waals surface area contributed by atoms with Gasteiger partial charge in [-0.05, 0) is 57.5 Å². The second kappa shape index (κ2) is 4.36. The van der Waals surface area contributed by atoms with Crippen LogP contribution < -0.4 is 10.6 Å². The highest BCUT2D eigenvalue weighted by molar-refractivity contribution is 5.77. The average molecular weight is 224 g/mol. The Labute approximate surface area is 98.4 Å². The van der Waals surface area contributed by atoms with E-state index in [4.69, 9.17) is 0 Å². The van der Waals surface area contributed by atoms with Crippen LogP contribution in [0.15, 0.2) is 0 Å². The molecule has 1 amide bonds. The van der Waals surface area contributed by atoms with Gasteiger partial charge in [0.05, 0.1) is 0 Å². The summed E-state index contributed by atoms with van der Waals surface area (Å²) in [7, 11) is 1.93. The zero-order valence-corrected chi connectivity index (χ0v) is 10.6.